The van der Waals surface area contributed by atoms with Crippen molar-refractivity contribution in [3.63, 3.8) is 0 Å². The molecule has 0 aliphatic heterocycles. The van der Waals surface area contributed by atoms with Crippen molar-refractivity contribution in [2.75, 3.05) is 18.4 Å². The molecule has 2 heterocycles. The molecule has 43 heavy (non-hydrogen) atoms. The van der Waals surface area contributed by atoms with Crippen molar-refractivity contribution in [1.29, 1.82) is 0 Å². The maximum absolute atomic E-state index is 13.6. The number of anilines is 1. The van der Waals surface area contributed by atoms with Gasteiger partial charge in [-0.1, -0.05) is 12.2 Å². The molecule has 0 saturated heterocycles. The fourth-order valence-electron chi connectivity index (χ4n) is 3.63. The number of carbonyl (C=O) groups is 3. The molecule has 3 rings (SSSR count). The highest BCUT2D eigenvalue weighted by Crippen LogP contribution is 2.36. The van der Waals surface area contributed by atoms with Crippen LogP contribution in [0.5, 0.6) is 0 Å². The summed E-state index contributed by atoms with van der Waals surface area (Å²) in [6.07, 6.45) is -1.58. The number of aromatic nitrogens is 4. The highest BCUT2D eigenvalue weighted by atomic mass is 19.4. The van der Waals surface area contributed by atoms with Crippen molar-refractivity contribution in [3.8, 4) is 11.3 Å². The van der Waals surface area contributed by atoms with Crippen LogP contribution in [0.3, 0.4) is 0 Å². The van der Waals surface area contributed by atoms with E-state index in [4.69, 9.17) is 10.8 Å². The molecular weight excluding hydrogens is 581 g/mol. The van der Waals surface area contributed by atoms with Crippen LogP contribution in [0.15, 0.2) is 42.7 Å². The molecule has 2 amide bonds. The lowest BCUT2D eigenvalue weighted by Crippen LogP contribution is -2.26. The van der Waals surface area contributed by atoms with Gasteiger partial charge in [-0.25, -0.2) is 9.78 Å². The van der Waals surface area contributed by atoms with Crippen LogP contribution in [0.25, 0.3) is 11.3 Å². The van der Waals surface area contributed by atoms with Crippen LogP contribution in [0.2, 0.25) is 0 Å². The number of aryl methyl sites for hydroxylation is 1. The molecule has 0 aliphatic carbocycles. The Morgan fingerprint density at radius 1 is 1.14 bits per heavy atom. The van der Waals surface area contributed by atoms with E-state index in [2.05, 4.69) is 27.3 Å². The second kappa shape index (κ2) is 14.0. The van der Waals surface area contributed by atoms with E-state index in [1.807, 2.05) is 0 Å². The highest BCUT2D eigenvalue weighted by Gasteiger charge is 2.38. The summed E-state index contributed by atoms with van der Waals surface area (Å²) < 4.78 is 65.9. The van der Waals surface area contributed by atoms with Crippen LogP contribution in [0.4, 0.5) is 27.6 Å². The maximum atomic E-state index is 13.6. The van der Waals surface area contributed by atoms with E-state index < -0.39 is 29.7 Å². The van der Waals surface area contributed by atoms with E-state index in [1.165, 1.54) is 24.0 Å². The van der Waals surface area contributed by atoms with Crippen molar-refractivity contribution in [3.05, 3.63) is 65.4 Å². The van der Waals surface area contributed by atoms with Crippen molar-refractivity contribution in [2.24, 2.45) is 12.8 Å². The standard InChI is InChI=1S/C24H28F3N7O2.C3H4F2O2/c1-14(2)12-34-13-18(20(32-34)24(25,26)27)19-11-30-21(33(19)4)23(36)31-16-6-7-17(15(3)10-16)22(35)29-9-5-8-28;1-3(4,5)2(6)7/h6-7,10-11,13H,1,5,8-9,12,28H2,2-4H3,(H,29,35)(H,31,36);1H3,(H,6,7). The fourth-order valence-corrected chi connectivity index (χ4v) is 3.63. The van der Waals surface area contributed by atoms with Crippen LogP contribution in [0.1, 0.15) is 52.5 Å². The SMILES string of the molecule is C=C(C)Cn1cc(-c2cnc(C(=O)Nc3ccc(C(=O)NCCCN)c(C)c3)n2C)c(C(F)(F)F)n1.CC(F)(F)C(=O)O. The maximum Gasteiger partial charge on any atom is 0.435 e. The number of hydrogen-bond donors (Lipinski definition) is 4. The van der Waals surface area contributed by atoms with Crippen molar-refractivity contribution in [2.45, 2.75) is 45.8 Å². The molecule has 1 aromatic carbocycles. The molecule has 3 aromatic rings. The molecular formula is C27H32F5N7O4. The fraction of sp³-hybridized carbons (Fsp3) is 0.370. The average molecular weight is 614 g/mol. The Morgan fingerprint density at radius 3 is 2.28 bits per heavy atom. The van der Waals surface area contributed by atoms with Gasteiger partial charge in [0.2, 0.25) is 0 Å². The summed E-state index contributed by atoms with van der Waals surface area (Å²) in [5.41, 5.74) is 6.38. The van der Waals surface area contributed by atoms with Gasteiger partial charge < -0.3 is 26.0 Å². The second-order valence-electron chi connectivity index (χ2n) is 9.65. The first-order valence-corrected chi connectivity index (χ1v) is 12.7. The molecule has 0 unspecified atom stereocenters. The summed E-state index contributed by atoms with van der Waals surface area (Å²) in [7, 11) is 1.45. The van der Waals surface area contributed by atoms with Crippen LogP contribution < -0.4 is 16.4 Å². The number of nitrogens with one attached hydrogen (secondary N) is 2. The van der Waals surface area contributed by atoms with Gasteiger partial charge in [-0.05, 0) is 50.6 Å². The third kappa shape index (κ3) is 9.46. The van der Waals surface area contributed by atoms with Gasteiger partial charge in [-0.3, -0.25) is 14.3 Å². The number of nitrogens with zero attached hydrogens (tertiary/aromatic N) is 4. The number of aliphatic carboxylic acids is 1. The number of hydrogen-bond acceptors (Lipinski definition) is 6. The van der Waals surface area contributed by atoms with E-state index in [9.17, 15) is 36.3 Å². The van der Waals surface area contributed by atoms with Crippen LogP contribution in [-0.2, 0) is 24.6 Å². The number of halogens is 5. The first kappa shape index (κ1) is 34.6. The number of rotatable bonds is 10. The first-order chi connectivity index (χ1) is 19.9. The van der Waals surface area contributed by atoms with Crippen molar-refractivity contribution < 1.29 is 41.4 Å². The topological polar surface area (TPSA) is 157 Å². The number of imidazole rings is 1. The lowest BCUT2D eigenvalue weighted by Gasteiger charge is -2.11. The minimum atomic E-state index is -4.70. The van der Waals surface area contributed by atoms with Gasteiger partial charge in [0.15, 0.2) is 11.5 Å². The summed E-state index contributed by atoms with van der Waals surface area (Å²) >= 11 is 0. The van der Waals surface area contributed by atoms with Gasteiger partial charge >= 0.3 is 18.1 Å². The van der Waals surface area contributed by atoms with Crippen LogP contribution in [0, 0.1) is 6.92 Å². The minimum absolute atomic E-state index is 0.0844. The predicted molar refractivity (Wildman–Crippen MR) is 148 cm³/mol. The van der Waals surface area contributed by atoms with E-state index in [0.717, 1.165) is 4.68 Å². The summed E-state index contributed by atoms with van der Waals surface area (Å²) in [6.45, 7) is 8.49. The summed E-state index contributed by atoms with van der Waals surface area (Å²) in [5.74, 6) is -6.63. The third-order valence-electron chi connectivity index (χ3n) is 5.70. The van der Waals surface area contributed by atoms with E-state index in [1.54, 1.807) is 32.0 Å². The first-order valence-electron chi connectivity index (χ1n) is 12.7. The third-order valence-corrected chi connectivity index (χ3v) is 5.70. The van der Waals surface area contributed by atoms with Gasteiger partial charge in [-0.2, -0.15) is 27.1 Å². The summed E-state index contributed by atoms with van der Waals surface area (Å²) in [5, 5.41) is 16.6. The van der Waals surface area contributed by atoms with Gasteiger partial charge in [0.05, 0.1) is 24.0 Å². The highest BCUT2D eigenvalue weighted by molar-refractivity contribution is 6.03. The zero-order valence-corrected chi connectivity index (χ0v) is 23.9. The zero-order valence-electron chi connectivity index (χ0n) is 23.9. The normalized spacial score (nSPS) is 11.4. The Kier molecular flexibility index (Phi) is 11.3. The lowest BCUT2D eigenvalue weighted by atomic mass is 10.1. The molecule has 0 fully saturated rings. The molecule has 0 bridgehead atoms. The lowest BCUT2D eigenvalue weighted by molar-refractivity contribution is -0.161. The number of carbonyl (C=O) groups excluding carboxylic acids is 2. The number of amides is 2. The van der Waals surface area contributed by atoms with E-state index in [-0.39, 0.29) is 29.5 Å². The Labute approximate surface area is 243 Å². The number of carboxylic acid groups (broad SMARTS) is 1. The van der Waals surface area contributed by atoms with Gasteiger partial charge in [0.25, 0.3) is 11.8 Å². The number of benzene rings is 1. The molecule has 11 nitrogen and oxygen atoms in total. The molecule has 234 valence electrons. The number of alkyl halides is 5. The largest absolute Gasteiger partial charge is 0.477 e. The monoisotopic (exact) mass is 613 g/mol. The Bertz CT molecular complexity index is 1490. The second-order valence-corrected chi connectivity index (χ2v) is 9.65. The zero-order chi connectivity index (χ0) is 32.7. The quantitative estimate of drug-likeness (QED) is 0.151. The number of allylic oxidation sites excluding steroid dienone is 1. The average Bonchev–Trinajstić information content (AvgIpc) is 3.46. The van der Waals surface area contributed by atoms with Crippen molar-refractivity contribution in [1.82, 2.24) is 24.6 Å². The molecule has 0 spiro atoms. The van der Waals surface area contributed by atoms with Gasteiger partial charge in [-0.15, -0.1) is 0 Å². The smallest absolute Gasteiger partial charge is 0.435 e. The molecule has 0 aliphatic rings. The van der Waals surface area contributed by atoms with Crippen LogP contribution >= 0.6 is 0 Å². The molecule has 0 atom stereocenters. The van der Waals surface area contributed by atoms with E-state index >= 15 is 0 Å². The van der Waals surface area contributed by atoms with E-state index in [0.29, 0.717) is 48.8 Å². The van der Waals surface area contributed by atoms with Gasteiger partial charge in [0, 0.05) is 38.0 Å². The van der Waals surface area contributed by atoms with Crippen LogP contribution in [-0.4, -0.2) is 61.2 Å². The molecule has 0 saturated carbocycles. The van der Waals surface area contributed by atoms with Crippen molar-refractivity contribution >= 4 is 23.5 Å². The molecule has 5 N–H and O–H groups in total. The number of carboxylic acids is 1. The van der Waals surface area contributed by atoms with Gasteiger partial charge in [0.1, 0.15) is 0 Å². The number of nitrogens with two attached hydrogens (primary N) is 1. The summed E-state index contributed by atoms with van der Waals surface area (Å²) in [4.78, 5) is 38.5. The predicted octanol–water partition coefficient (Wildman–Crippen LogP) is 4.24. The Balaban J connectivity index is 0.000000821. The minimum Gasteiger partial charge on any atom is -0.477 e. The Morgan fingerprint density at radius 2 is 1.77 bits per heavy atom. The Hall–Kier alpha value is -4.60. The molecule has 0 radical (unpaired) electrons. The molecule has 16 heteroatoms. The molecule has 2 aromatic heterocycles. The summed E-state index contributed by atoms with van der Waals surface area (Å²) in [6, 6.07) is 4.77.